The van der Waals surface area contributed by atoms with Gasteiger partial charge in [0.25, 0.3) is 0 Å². The summed E-state index contributed by atoms with van der Waals surface area (Å²) in [6.07, 6.45) is 1.47. The topological polar surface area (TPSA) is 163 Å². The molecule has 2 fully saturated rings. The first-order chi connectivity index (χ1) is 25.1. The third kappa shape index (κ3) is 12.9. The van der Waals surface area contributed by atoms with E-state index in [0.717, 1.165) is 12.7 Å². The molecule has 0 aliphatic carbocycles. The van der Waals surface area contributed by atoms with E-state index in [0.29, 0.717) is 19.3 Å². The molecule has 304 valence electrons. The molecule has 0 spiro atoms. The van der Waals surface area contributed by atoms with Crippen LogP contribution in [-0.4, -0.2) is 153 Å². The van der Waals surface area contributed by atoms with E-state index in [1.54, 1.807) is 39.8 Å². The Kier molecular flexibility index (Phi) is 18.5. The number of aliphatic hydroxyl groups excluding tert-OH is 2. The minimum atomic E-state index is -1.31. The maximum Gasteiger partial charge on any atom is 0.309 e. The molecule has 14 heteroatoms. The Balaban J connectivity index is 2.09. The second-order valence-corrected chi connectivity index (χ2v) is 15.2. The molecule has 0 amide bonds. The van der Waals surface area contributed by atoms with E-state index in [1.165, 1.54) is 7.11 Å². The zero-order chi connectivity index (χ0) is 39.4. The maximum atomic E-state index is 13.3. The third-order valence-electron chi connectivity index (χ3n) is 10.6. The number of carbonyl (C=O) groups excluding carboxylic acids is 3. The summed E-state index contributed by atoms with van der Waals surface area (Å²) < 4.78 is 43.3. The van der Waals surface area contributed by atoms with Crippen LogP contribution in [0.15, 0.2) is 24.3 Å². The Bertz CT molecular complexity index is 1200. The van der Waals surface area contributed by atoms with Crippen LogP contribution in [0.3, 0.4) is 0 Å². The summed E-state index contributed by atoms with van der Waals surface area (Å²) in [4.78, 5) is 42.4. The van der Waals surface area contributed by atoms with Gasteiger partial charge in [0.05, 0.1) is 43.0 Å². The van der Waals surface area contributed by atoms with Crippen LogP contribution in [-0.2, 0) is 47.5 Å². The number of ether oxygens (including phenoxy) is 7. The van der Waals surface area contributed by atoms with Crippen molar-refractivity contribution in [2.45, 2.75) is 159 Å². The molecule has 15 atom stereocenters. The van der Waals surface area contributed by atoms with Crippen LogP contribution >= 0.6 is 0 Å². The second kappa shape index (κ2) is 21.7. The lowest BCUT2D eigenvalue weighted by Gasteiger charge is -2.47. The van der Waals surface area contributed by atoms with Crippen molar-refractivity contribution in [2.75, 3.05) is 35.3 Å². The highest BCUT2D eigenvalue weighted by Gasteiger charge is 2.49. The first-order valence-electron chi connectivity index (χ1n) is 19.1. The smallest absolute Gasteiger partial charge is 0.309 e. The Hall–Kier alpha value is -2.27. The van der Waals surface area contributed by atoms with Crippen LogP contribution in [0.25, 0.3) is 0 Å². The number of allylic oxidation sites excluding steroid dienone is 2. The first kappa shape index (κ1) is 45.1. The predicted molar refractivity (Wildman–Crippen MR) is 197 cm³/mol. The van der Waals surface area contributed by atoms with Gasteiger partial charge in [-0.15, -0.1) is 0 Å². The Morgan fingerprint density at radius 2 is 1.68 bits per heavy atom. The van der Waals surface area contributed by atoms with E-state index in [4.69, 9.17) is 33.2 Å². The average Bonchev–Trinajstić information content (AvgIpc) is 3.08. The van der Waals surface area contributed by atoms with Gasteiger partial charge in [0, 0.05) is 32.4 Å². The van der Waals surface area contributed by atoms with Crippen molar-refractivity contribution < 1.29 is 57.8 Å². The van der Waals surface area contributed by atoms with E-state index in [1.807, 2.05) is 52.2 Å². The first-order valence-corrected chi connectivity index (χ1v) is 19.1. The number of aldehydes is 1. The molecule has 3 rings (SSSR count). The molecule has 0 saturated carbocycles. The van der Waals surface area contributed by atoms with E-state index in [-0.39, 0.29) is 37.3 Å². The molecule has 2 unspecified atom stereocenters. The lowest BCUT2D eigenvalue weighted by atomic mass is 9.82. The van der Waals surface area contributed by atoms with E-state index >= 15 is 0 Å². The summed E-state index contributed by atoms with van der Waals surface area (Å²) in [6, 6.07) is -0.478. The summed E-state index contributed by atoms with van der Waals surface area (Å²) in [5.74, 6) is -1.98. The normalized spacial score (nSPS) is 39.5. The minimum Gasteiger partial charge on any atom is -0.462 e. The number of nitrogens with zero attached hydrogens (tertiary/aromatic N) is 2. The van der Waals surface area contributed by atoms with Gasteiger partial charge in [0.1, 0.15) is 30.7 Å². The molecule has 14 nitrogen and oxygen atoms in total. The molecule has 53 heavy (non-hydrogen) atoms. The van der Waals surface area contributed by atoms with Gasteiger partial charge >= 0.3 is 11.9 Å². The van der Waals surface area contributed by atoms with Gasteiger partial charge in [-0.25, -0.2) is 0 Å². The van der Waals surface area contributed by atoms with Crippen molar-refractivity contribution in [1.82, 2.24) is 9.80 Å². The van der Waals surface area contributed by atoms with Crippen molar-refractivity contribution in [1.29, 1.82) is 0 Å². The van der Waals surface area contributed by atoms with Gasteiger partial charge < -0.3 is 58.0 Å². The minimum absolute atomic E-state index is 0.000703. The number of likely N-dealkylation sites (N-methyl/N-ethyl adjacent to an activating group) is 2. The van der Waals surface area contributed by atoms with Crippen molar-refractivity contribution >= 4 is 18.2 Å². The number of carbonyl (C=O) groups is 3. The quantitative estimate of drug-likeness (QED) is 0.234. The average molecular weight is 755 g/mol. The van der Waals surface area contributed by atoms with Crippen LogP contribution in [0, 0.1) is 11.8 Å². The largest absolute Gasteiger partial charge is 0.462 e. The molecule has 2 saturated heterocycles. The Morgan fingerprint density at radius 3 is 2.28 bits per heavy atom. The van der Waals surface area contributed by atoms with Gasteiger partial charge in [-0.1, -0.05) is 38.2 Å². The number of hydrogen-bond acceptors (Lipinski definition) is 14. The molecular weight excluding hydrogens is 688 g/mol. The van der Waals surface area contributed by atoms with Crippen LogP contribution in [0.1, 0.15) is 79.6 Å². The van der Waals surface area contributed by atoms with E-state index < -0.39 is 85.3 Å². The molecule has 0 aromatic rings. The number of aliphatic hydroxyl groups is 2. The maximum absolute atomic E-state index is 13.3. The highest BCUT2D eigenvalue weighted by molar-refractivity contribution is 5.72. The molecule has 0 radical (unpaired) electrons. The van der Waals surface area contributed by atoms with Crippen molar-refractivity contribution in [3.63, 3.8) is 0 Å². The van der Waals surface area contributed by atoms with Crippen LogP contribution in [0.5, 0.6) is 0 Å². The van der Waals surface area contributed by atoms with E-state index in [2.05, 4.69) is 4.90 Å². The molecule has 0 bridgehead atoms. The second-order valence-electron chi connectivity index (χ2n) is 15.2. The van der Waals surface area contributed by atoms with Gasteiger partial charge in [-0.2, -0.15) is 0 Å². The van der Waals surface area contributed by atoms with Crippen LogP contribution < -0.4 is 0 Å². The molecule has 3 heterocycles. The fourth-order valence-electron chi connectivity index (χ4n) is 7.69. The molecule has 0 aromatic heterocycles. The molecule has 3 aliphatic heterocycles. The summed E-state index contributed by atoms with van der Waals surface area (Å²) in [5, 5.41) is 22.4. The van der Waals surface area contributed by atoms with Gasteiger partial charge in [0.2, 0.25) is 0 Å². The SMILES string of the molecule is CCC(=O)O[C@@H]1CC(=O)O[C@@H](C)CC=CC=CC(O[C@@H]2CC[C@H](N(C)C)[C@H](C)O2)[C@H](C)C[C@H](CC=O)C(O[C@@H]2O[C@@H](C)[C@@H](O)[C@@H](N(C)C)[C@H]2O)[C@H]1OC. The number of cyclic esters (lactones) is 1. The summed E-state index contributed by atoms with van der Waals surface area (Å²) in [7, 11) is 8.97. The number of hydrogen-bond donors (Lipinski definition) is 2. The van der Waals surface area contributed by atoms with Crippen LogP contribution in [0.4, 0.5) is 0 Å². The monoisotopic (exact) mass is 754 g/mol. The predicted octanol–water partition coefficient (Wildman–Crippen LogP) is 3.01. The van der Waals surface area contributed by atoms with Gasteiger partial charge in [-0.3, -0.25) is 9.59 Å². The van der Waals surface area contributed by atoms with Crippen molar-refractivity contribution in [3.05, 3.63) is 24.3 Å². The zero-order valence-corrected chi connectivity index (χ0v) is 33.4. The summed E-state index contributed by atoms with van der Waals surface area (Å²) >= 11 is 0. The molecule has 3 aliphatic rings. The Labute approximate surface area is 316 Å². The standard InChI is InChI=1S/C39H66N2O12/c1-11-31(43)51-30-22-32(44)48-24(3)15-13-12-14-16-29(52-33-18-17-28(40(6)7)25(4)49-33)23(2)21-27(19-20-42)37(38(30)47-10)53-39-36(46)34(41(8)9)35(45)26(5)50-39/h12-14,16,20,23-30,33-39,45-46H,11,15,17-19,21-22H2,1-10H3/t23-,24+,25+,26+,27+,28+,29?,30-,33-,34-,35-,36-,37?,38+,39+/m1/s1. The number of esters is 2. The summed E-state index contributed by atoms with van der Waals surface area (Å²) in [5.41, 5.74) is 0. The number of rotatable bonds is 11. The lowest BCUT2D eigenvalue weighted by Crippen LogP contribution is -2.63. The zero-order valence-electron chi connectivity index (χ0n) is 33.4. The van der Waals surface area contributed by atoms with Crippen molar-refractivity contribution in [2.24, 2.45) is 11.8 Å². The van der Waals surface area contributed by atoms with Crippen molar-refractivity contribution in [3.8, 4) is 0 Å². The highest BCUT2D eigenvalue weighted by atomic mass is 16.7. The summed E-state index contributed by atoms with van der Waals surface area (Å²) in [6.45, 7) is 9.17. The molecule has 0 aromatic carbocycles. The number of methoxy groups -OCH3 is 1. The van der Waals surface area contributed by atoms with Gasteiger partial charge in [0.15, 0.2) is 12.6 Å². The van der Waals surface area contributed by atoms with E-state index in [9.17, 15) is 24.6 Å². The lowest BCUT2D eigenvalue weighted by molar-refractivity contribution is -0.310. The molecule has 2 N–H and O–H groups in total. The van der Waals surface area contributed by atoms with Crippen LogP contribution in [0.2, 0.25) is 0 Å². The highest BCUT2D eigenvalue weighted by Crippen LogP contribution is 2.35. The fourth-order valence-corrected chi connectivity index (χ4v) is 7.69. The fraction of sp³-hybridized carbons (Fsp3) is 0.821. The van der Waals surface area contributed by atoms with Gasteiger partial charge in [-0.05, 0) is 80.1 Å². The Morgan fingerprint density at radius 1 is 0.962 bits per heavy atom. The molecular formula is C39H66N2O12. The third-order valence-corrected chi connectivity index (χ3v) is 10.6.